The Morgan fingerprint density at radius 1 is 1.50 bits per heavy atom. The summed E-state index contributed by atoms with van der Waals surface area (Å²) in [5, 5.41) is 8.62. The first-order chi connectivity index (χ1) is 5.86. The van der Waals surface area contributed by atoms with Crippen molar-refractivity contribution < 1.29 is 9.67 Å². The van der Waals surface area contributed by atoms with E-state index in [9.17, 15) is 0 Å². The van der Waals surface area contributed by atoms with Crippen molar-refractivity contribution in [3.63, 3.8) is 0 Å². The molecular weight excluding hydrogens is 152 g/mol. The van der Waals surface area contributed by atoms with Gasteiger partial charge >= 0.3 is 0 Å². The molecule has 0 aromatic carbocycles. The molecule has 12 heavy (non-hydrogen) atoms. The van der Waals surface area contributed by atoms with Crippen LogP contribution < -0.4 is 4.57 Å². The standard InChI is InChI=1S/C9H17N2O/c1-2-4-10-6-7-11(9-10)5-3-8-12/h6-7,9,12H,2-5,8H2,1H3/q+1. The van der Waals surface area contributed by atoms with E-state index in [1.807, 2.05) is 6.20 Å². The Morgan fingerprint density at radius 3 is 3.00 bits per heavy atom. The molecule has 0 bridgehead atoms. The number of hydrogen-bond acceptors (Lipinski definition) is 1. The molecule has 0 fully saturated rings. The van der Waals surface area contributed by atoms with Gasteiger partial charge in [0.1, 0.15) is 12.4 Å². The van der Waals surface area contributed by atoms with E-state index in [0.29, 0.717) is 0 Å². The second kappa shape index (κ2) is 4.93. The molecule has 0 saturated heterocycles. The Morgan fingerprint density at radius 2 is 2.33 bits per heavy atom. The lowest BCUT2D eigenvalue weighted by Gasteiger charge is -1.92. The van der Waals surface area contributed by atoms with Crippen molar-refractivity contribution in [2.75, 3.05) is 6.61 Å². The zero-order valence-electron chi connectivity index (χ0n) is 7.61. The highest BCUT2D eigenvalue weighted by molar-refractivity contribution is 4.65. The molecule has 1 aromatic rings. The van der Waals surface area contributed by atoms with Gasteiger partial charge in [0.05, 0.1) is 13.1 Å². The largest absolute Gasteiger partial charge is 0.396 e. The molecule has 0 radical (unpaired) electrons. The molecule has 0 aliphatic rings. The summed E-state index contributed by atoms with van der Waals surface area (Å²) in [6, 6.07) is 0. The average molecular weight is 169 g/mol. The van der Waals surface area contributed by atoms with Crippen molar-refractivity contribution in [1.29, 1.82) is 0 Å². The summed E-state index contributed by atoms with van der Waals surface area (Å²) >= 11 is 0. The highest BCUT2D eigenvalue weighted by atomic mass is 16.3. The summed E-state index contributed by atoms with van der Waals surface area (Å²) in [5.41, 5.74) is 0. The van der Waals surface area contributed by atoms with E-state index in [1.165, 1.54) is 0 Å². The molecule has 0 saturated carbocycles. The number of imidazole rings is 1. The lowest BCUT2D eigenvalue weighted by molar-refractivity contribution is -0.696. The van der Waals surface area contributed by atoms with Gasteiger partial charge in [0.2, 0.25) is 6.33 Å². The number of aromatic nitrogens is 2. The molecule has 0 aliphatic heterocycles. The molecule has 0 unspecified atom stereocenters. The summed E-state index contributed by atoms with van der Waals surface area (Å²) in [6.45, 7) is 4.42. The average Bonchev–Trinajstić information content (AvgIpc) is 2.50. The Bertz CT molecular complexity index is 220. The Hall–Kier alpha value is -0.830. The number of rotatable bonds is 5. The lowest BCUT2D eigenvalue weighted by atomic mass is 10.4. The Balaban J connectivity index is 2.41. The molecule has 0 spiro atoms. The SMILES string of the molecule is CCC[n+]1ccn(CCCO)c1. The maximum Gasteiger partial charge on any atom is 0.243 e. The van der Waals surface area contributed by atoms with Crippen molar-refractivity contribution in [2.45, 2.75) is 32.9 Å². The molecule has 3 heteroatoms. The highest BCUT2D eigenvalue weighted by Crippen LogP contribution is 1.88. The lowest BCUT2D eigenvalue weighted by Crippen LogP contribution is -2.30. The number of nitrogens with zero attached hydrogens (tertiary/aromatic N) is 2. The molecule has 0 aliphatic carbocycles. The van der Waals surface area contributed by atoms with Gasteiger partial charge in [-0.3, -0.25) is 0 Å². The minimum Gasteiger partial charge on any atom is -0.396 e. The molecule has 68 valence electrons. The van der Waals surface area contributed by atoms with E-state index in [2.05, 4.69) is 28.6 Å². The zero-order valence-corrected chi connectivity index (χ0v) is 7.61. The number of aliphatic hydroxyl groups is 1. The first-order valence-electron chi connectivity index (χ1n) is 4.52. The van der Waals surface area contributed by atoms with E-state index in [0.717, 1.165) is 25.9 Å². The fourth-order valence-electron chi connectivity index (χ4n) is 1.21. The van der Waals surface area contributed by atoms with Crippen LogP contribution in [0.3, 0.4) is 0 Å². The minimum atomic E-state index is 0.270. The zero-order chi connectivity index (χ0) is 8.81. The molecule has 1 rings (SSSR count). The van der Waals surface area contributed by atoms with Gasteiger partial charge in [-0.15, -0.1) is 0 Å². The van der Waals surface area contributed by atoms with Crippen molar-refractivity contribution in [3.8, 4) is 0 Å². The van der Waals surface area contributed by atoms with Gasteiger partial charge < -0.3 is 5.11 Å². The van der Waals surface area contributed by atoms with Crippen LogP contribution in [0.1, 0.15) is 19.8 Å². The van der Waals surface area contributed by atoms with Crippen LogP contribution in [0.25, 0.3) is 0 Å². The number of aliphatic hydroxyl groups excluding tert-OH is 1. The van der Waals surface area contributed by atoms with Gasteiger partial charge in [-0.1, -0.05) is 6.92 Å². The van der Waals surface area contributed by atoms with Crippen LogP contribution in [0.5, 0.6) is 0 Å². The van der Waals surface area contributed by atoms with Crippen LogP contribution in [0.15, 0.2) is 18.7 Å². The second-order valence-electron chi connectivity index (χ2n) is 2.97. The molecule has 0 atom stereocenters. The van der Waals surface area contributed by atoms with Crippen LogP contribution >= 0.6 is 0 Å². The molecular formula is C9H17N2O+. The summed E-state index contributed by atoms with van der Waals surface area (Å²) in [4.78, 5) is 0. The normalized spacial score (nSPS) is 10.5. The first kappa shape index (κ1) is 9.26. The van der Waals surface area contributed by atoms with Crippen molar-refractivity contribution in [2.24, 2.45) is 0 Å². The predicted molar refractivity (Wildman–Crippen MR) is 46.6 cm³/mol. The van der Waals surface area contributed by atoms with Crippen molar-refractivity contribution in [1.82, 2.24) is 4.57 Å². The van der Waals surface area contributed by atoms with E-state index in [4.69, 9.17) is 5.11 Å². The highest BCUT2D eigenvalue weighted by Gasteiger charge is 2.00. The van der Waals surface area contributed by atoms with Gasteiger partial charge in [-0.05, 0) is 6.42 Å². The maximum atomic E-state index is 8.62. The number of hydrogen-bond donors (Lipinski definition) is 1. The summed E-state index contributed by atoms with van der Waals surface area (Å²) < 4.78 is 4.27. The quantitative estimate of drug-likeness (QED) is 0.641. The third-order valence-electron chi connectivity index (χ3n) is 1.80. The molecule has 1 N–H and O–H groups in total. The Labute approximate surface area is 73.3 Å². The summed E-state index contributed by atoms with van der Waals surface area (Å²) in [7, 11) is 0. The molecule has 0 amide bonds. The van der Waals surface area contributed by atoms with E-state index in [-0.39, 0.29) is 6.61 Å². The van der Waals surface area contributed by atoms with E-state index >= 15 is 0 Å². The van der Waals surface area contributed by atoms with E-state index < -0.39 is 0 Å². The molecule has 3 nitrogen and oxygen atoms in total. The Kier molecular flexibility index (Phi) is 3.80. The van der Waals surface area contributed by atoms with Gasteiger partial charge in [0.15, 0.2) is 0 Å². The van der Waals surface area contributed by atoms with Crippen molar-refractivity contribution in [3.05, 3.63) is 18.7 Å². The topological polar surface area (TPSA) is 29.0 Å². The van der Waals surface area contributed by atoms with Gasteiger partial charge in [0.25, 0.3) is 0 Å². The second-order valence-corrected chi connectivity index (χ2v) is 2.97. The maximum absolute atomic E-state index is 8.62. The van der Waals surface area contributed by atoms with Crippen LogP contribution in [0.2, 0.25) is 0 Å². The van der Waals surface area contributed by atoms with Gasteiger partial charge in [-0.25, -0.2) is 9.13 Å². The smallest absolute Gasteiger partial charge is 0.243 e. The number of aryl methyl sites for hydroxylation is 2. The van der Waals surface area contributed by atoms with E-state index in [1.54, 1.807) is 0 Å². The van der Waals surface area contributed by atoms with Crippen molar-refractivity contribution >= 4 is 0 Å². The molecule has 1 heterocycles. The molecule has 1 aromatic heterocycles. The monoisotopic (exact) mass is 169 g/mol. The fourth-order valence-corrected chi connectivity index (χ4v) is 1.21. The minimum absolute atomic E-state index is 0.270. The van der Waals surface area contributed by atoms with Crippen LogP contribution in [-0.2, 0) is 13.1 Å². The van der Waals surface area contributed by atoms with Crippen LogP contribution in [0, 0.1) is 0 Å². The predicted octanol–water partition coefficient (Wildman–Crippen LogP) is 0.568. The third kappa shape index (κ3) is 2.66. The fraction of sp³-hybridized carbons (Fsp3) is 0.667. The van der Waals surface area contributed by atoms with Gasteiger partial charge in [-0.2, -0.15) is 0 Å². The van der Waals surface area contributed by atoms with Crippen LogP contribution in [-0.4, -0.2) is 16.3 Å². The van der Waals surface area contributed by atoms with Gasteiger partial charge in [0, 0.05) is 13.0 Å². The summed E-state index contributed by atoms with van der Waals surface area (Å²) in [5.74, 6) is 0. The van der Waals surface area contributed by atoms with Crippen LogP contribution in [0.4, 0.5) is 0 Å². The third-order valence-corrected chi connectivity index (χ3v) is 1.80. The summed E-state index contributed by atoms with van der Waals surface area (Å²) in [6.07, 6.45) is 8.20. The first-order valence-corrected chi connectivity index (χ1v) is 4.52.